The molecule has 5 rings (SSSR count). The van der Waals surface area contributed by atoms with Crippen molar-refractivity contribution < 1.29 is 4.79 Å². The minimum atomic E-state index is -0.156. The maximum atomic E-state index is 12.8. The average Bonchev–Trinajstić information content (AvgIpc) is 3.46. The van der Waals surface area contributed by atoms with Gasteiger partial charge in [-0.3, -0.25) is 9.20 Å². The first-order valence-corrected chi connectivity index (χ1v) is 10.8. The predicted molar refractivity (Wildman–Crippen MR) is 127 cm³/mol. The smallest absolute Gasteiger partial charge is 0.251 e. The highest BCUT2D eigenvalue weighted by atomic mass is 16.1. The van der Waals surface area contributed by atoms with Gasteiger partial charge in [0.25, 0.3) is 5.91 Å². The molecule has 4 aromatic heterocycles. The number of aromatic nitrogens is 7. The van der Waals surface area contributed by atoms with Crippen LogP contribution in [0.25, 0.3) is 17.2 Å². The Hall–Kier alpha value is -4.60. The second-order valence-corrected chi connectivity index (χ2v) is 7.82. The quantitative estimate of drug-likeness (QED) is 0.389. The van der Waals surface area contributed by atoms with Crippen molar-refractivity contribution in [2.75, 3.05) is 5.32 Å². The number of fused-ring (bicyclic) bond motifs is 1. The number of pyridine rings is 1. The van der Waals surface area contributed by atoms with Crippen LogP contribution in [-0.4, -0.2) is 40.0 Å². The number of hydrogen-bond donors (Lipinski definition) is 2. The van der Waals surface area contributed by atoms with Gasteiger partial charge < -0.3 is 15.2 Å². The van der Waals surface area contributed by atoms with Gasteiger partial charge in [-0.25, -0.2) is 15.0 Å². The Bertz CT molecular complexity index is 1460. The van der Waals surface area contributed by atoms with Crippen molar-refractivity contribution in [2.45, 2.75) is 20.0 Å². The number of aryl methyl sites for hydroxylation is 1. The Morgan fingerprint density at radius 1 is 1.03 bits per heavy atom. The molecule has 1 aromatic carbocycles. The van der Waals surface area contributed by atoms with Crippen molar-refractivity contribution in [3.05, 3.63) is 90.0 Å². The number of hydrogen-bond acceptors (Lipinski definition) is 7. The lowest BCUT2D eigenvalue weighted by atomic mass is 10.2. The monoisotopic (exact) mass is 453 g/mol. The van der Waals surface area contributed by atoms with Gasteiger partial charge in [0.15, 0.2) is 11.6 Å². The third-order valence-electron chi connectivity index (χ3n) is 5.58. The van der Waals surface area contributed by atoms with Gasteiger partial charge in [-0.05, 0) is 43.3 Å². The second kappa shape index (κ2) is 9.10. The minimum absolute atomic E-state index is 0.156. The number of rotatable bonds is 7. The summed E-state index contributed by atoms with van der Waals surface area (Å²) in [5.41, 5.74) is 4.94. The van der Waals surface area contributed by atoms with Crippen LogP contribution in [0.4, 0.5) is 5.69 Å². The number of imidazole rings is 1. The van der Waals surface area contributed by atoms with Crippen molar-refractivity contribution in [3.63, 3.8) is 0 Å². The summed E-state index contributed by atoms with van der Waals surface area (Å²) in [6.45, 7) is 2.84. The molecule has 2 N–H and O–H groups in total. The summed E-state index contributed by atoms with van der Waals surface area (Å²) in [4.78, 5) is 25.4. The van der Waals surface area contributed by atoms with Crippen LogP contribution in [0.15, 0.2) is 67.3 Å². The van der Waals surface area contributed by atoms with Crippen LogP contribution in [-0.2, 0) is 20.1 Å². The third kappa shape index (κ3) is 4.20. The molecule has 0 fully saturated rings. The summed E-state index contributed by atoms with van der Waals surface area (Å²) in [5.74, 6) is 1.25. The van der Waals surface area contributed by atoms with E-state index in [9.17, 15) is 4.79 Å². The Kier molecular flexibility index (Phi) is 5.69. The molecule has 0 aliphatic heterocycles. The summed E-state index contributed by atoms with van der Waals surface area (Å²) in [6.07, 6.45) is 4.94. The van der Waals surface area contributed by atoms with Crippen LogP contribution in [0.3, 0.4) is 0 Å². The molecular weight excluding hydrogens is 430 g/mol. The van der Waals surface area contributed by atoms with Crippen molar-refractivity contribution in [1.29, 1.82) is 0 Å². The highest BCUT2D eigenvalue weighted by molar-refractivity contribution is 5.95. The first kappa shape index (κ1) is 21.3. The Morgan fingerprint density at radius 3 is 2.76 bits per heavy atom. The van der Waals surface area contributed by atoms with Gasteiger partial charge in [-0.15, -0.1) is 10.2 Å². The zero-order chi connectivity index (χ0) is 23.5. The fourth-order valence-corrected chi connectivity index (χ4v) is 3.79. The first-order chi connectivity index (χ1) is 16.6. The molecular formula is C24H23N9O. The minimum Gasteiger partial charge on any atom is -0.378 e. The molecule has 4 heterocycles. The maximum Gasteiger partial charge on any atom is 0.251 e. The molecule has 1 amide bonds. The molecule has 0 radical (unpaired) electrons. The highest BCUT2D eigenvalue weighted by Crippen LogP contribution is 2.16. The molecule has 170 valence electrons. The molecule has 10 nitrogen and oxygen atoms in total. The van der Waals surface area contributed by atoms with Gasteiger partial charge >= 0.3 is 0 Å². The van der Waals surface area contributed by atoms with E-state index in [1.54, 1.807) is 24.5 Å². The molecule has 0 saturated heterocycles. The van der Waals surface area contributed by atoms with Crippen LogP contribution >= 0.6 is 0 Å². The van der Waals surface area contributed by atoms with Crippen LogP contribution in [0, 0.1) is 6.92 Å². The van der Waals surface area contributed by atoms with E-state index in [0.717, 1.165) is 28.5 Å². The Balaban J connectivity index is 1.24. The standard InChI is InChI=1S/C24H23N9O/c1-16-5-3-8-21-27-12-19(33(16)21)13-28-24(34)17-6-4-7-18(11-17)26-14-22-30-31-23(32(22)2)20-9-10-25-15-29-20/h3-12,15,26H,13-14H2,1-2H3,(H,28,34). The van der Waals surface area contributed by atoms with E-state index in [4.69, 9.17) is 0 Å². The lowest BCUT2D eigenvalue weighted by Crippen LogP contribution is -2.23. The molecule has 0 bridgehead atoms. The van der Waals surface area contributed by atoms with E-state index >= 15 is 0 Å². The van der Waals surface area contributed by atoms with E-state index in [2.05, 4.69) is 35.8 Å². The fraction of sp³-hybridized carbons (Fsp3) is 0.167. The number of benzene rings is 1. The SMILES string of the molecule is Cc1cccc2ncc(CNC(=O)c3cccc(NCc4nnc(-c5ccncn5)n4C)c3)n12. The van der Waals surface area contributed by atoms with Gasteiger partial charge in [0.1, 0.15) is 17.7 Å². The lowest BCUT2D eigenvalue weighted by Gasteiger charge is -2.10. The maximum absolute atomic E-state index is 12.8. The van der Waals surface area contributed by atoms with Crippen molar-refractivity contribution in [1.82, 2.24) is 39.4 Å². The molecule has 0 saturated carbocycles. The number of amides is 1. The number of anilines is 1. The normalized spacial score (nSPS) is 11.0. The molecule has 34 heavy (non-hydrogen) atoms. The number of carbonyl (C=O) groups excluding carboxylic acids is 1. The van der Waals surface area contributed by atoms with Gasteiger partial charge in [-0.2, -0.15) is 0 Å². The summed E-state index contributed by atoms with van der Waals surface area (Å²) >= 11 is 0. The predicted octanol–water partition coefficient (Wildman–Crippen LogP) is 2.77. The lowest BCUT2D eigenvalue weighted by molar-refractivity contribution is 0.0950. The van der Waals surface area contributed by atoms with E-state index in [0.29, 0.717) is 30.2 Å². The fourth-order valence-electron chi connectivity index (χ4n) is 3.79. The average molecular weight is 454 g/mol. The highest BCUT2D eigenvalue weighted by Gasteiger charge is 2.13. The van der Waals surface area contributed by atoms with Crippen LogP contribution < -0.4 is 10.6 Å². The van der Waals surface area contributed by atoms with Crippen molar-refractivity contribution >= 4 is 17.2 Å². The molecule has 0 atom stereocenters. The zero-order valence-corrected chi connectivity index (χ0v) is 18.8. The summed E-state index contributed by atoms with van der Waals surface area (Å²) in [5, 5.41) is 14.8. The molecule has 0 unspecified atom stereocenters. The molecule has 5 aromatic rings. The topological polar surface area (TPSA) is 115 Å². The first-order valence-electron chi connectivity index (χ1n) is 10.8. The number of nitrogens with one attached hydrogen (secondary N) is 2. The van der Waals surface area contributed by atoms with Crippen LogP contribution in [0.2, 0.25) is 0 Å². The van der Waals surface area contributed by atoms with Crippen LogP contribution in [0.5, 0.6) is 0 Å². The molecule has 10 heteroatoms. The zero-order valence-electron chi connectivity index (χ0n) is 18.8. The van der Waals surface area contributed by atoms with Gasteiger partial charge in [0.2, 0.25) is 0 Å². The molecule has 0 spiro atoms. The van der Waals surface area contributed by atoms with E-state index in [1.165, 1.54) is 6.33 Å². The van der Waals surface area contributed by atoms with Crippen LogP contribution in [0.1, 0.15) is 27.6 Å². The van der Waals surface area contributed by atoms with Crippen molar-refractivity contribution in [2.24, 2.45) is 7.05 Å². The van der Waals surface area contributed by atoms with Gasteiger partial charge in [0.05, 0.1) is 25.0 Å². The molecule has 0 aliphatic carbocycles. The summed E-state index contributed by atoms with van der Waals surface area (Å²) in [6, 6.07) is 15.1. The van der Waals surface area contributed by atoms with Gasteiger partial charge in [0, 0.05) is 30.2 Å². The summed E-state index contributed by atoms with van der Waals surface area (Å²) < 4.78 is 3.92. The van der Waals surface area contributed by atoms with Crippen molar-refractivity contribution in [3.8, 4) is 11.5 Å². The third-order valence-corrected chi connectivity index (χ3v) is 5.58. The van der Waals surface area contributed by atoms with E-state index in [1.807, 2.05) is 59.3 Å². The summed E-state index contributed by atoms with van der Waals surface area (Å²) in [7, 11) is 1.89. The second-order valence-electron chi connectivity index (χ2n) is 7.82. The Labute approximate surface area is 195 Å². The Morgan fingerprint density at radius 2 is 1.91 bits per heavy atom. The van der Waals surface area contributed by atoms with E-state index < -0.39 is 0 Å². The largest absolute Gasteiger partial charge is 0.378 e. The van der Waals surface area contributed by atoms with E-state index in [-0.39, 0.29) is 5.91 Å². The van der Waals surface area contributed by atoms with Gasteiger partial charge in [-0.1, -0.05) is 12.1 Å². The number of nitrogens with zero attached hydrogens (tertiary/aromatic N) is 7. The number of carbonyl (C=O) groups is 1. The molecule has 0 aliphatic rings.